The van der Waals surface area contributed by atoms with E-state index in [4.69, 9.17) is 0 Å². The molecule has 0 bridgehead atoms. The van der Waals surface area contributed by atoms with Gasteiger partial charge < -0.3 is 5.32 Å². The second kappa shape index (κ2) is 8.06. The first-order chi connectivity index (χ1) is 15.2. The predicted octanol–water partition coefficient (Wildman–Crippen LogP) is 3.05. The Morgan fingerprint density at radius 1 is 1.16 bits per heavy atom. The summed E-state index contributed by atoms with van der Waals surface area (Å²) < 4.78 is 2.64. The molecule has 10 nitrogen and oxygen atoms in total. The molecule has 4 aromatic rings. The highest BCUT2D eigenvalue weighted by Gasteiger charge is 2.18. The zero-order valence-corrected chi connectivity index (χ0v) is 17.7. The number of nitrogens with one attached hydrogen (secondary N) is 1. The first-order valence-corrected chi connectivity index (χ1v) is 9.82. The van der Waals surface area contributed by atoms with Gasteiger partial charge in [-0.25, -0.2) is 9.36 Å². The minimum atomic E-state index is -0.548. The normalized spacial score (nSPS) is 11.0. The number of hydrogen-bond donors (Lipinski definition) is 1. The molecule has 0 fully saturated rings. The van der Waals surface area contributed by atoms with Crippen LogP contribution < -0.4 is 10.9 Å². The lowest BCUT2D eigenvalue weighted by Crippen LogP contribution is -2.31. The van der Waals surface area contributed by atoms with Gasteiger partial charge in [-0.2, -0.15) is 10.2 Å². The number of carbonyl (C=O) groups is 1. The quantitative estimate of drug-likeness (QED) is 0.382. The predicted molar refractivity (Wildman–Crippen MR) is 119 cm³/mol. The number of aromatic nitrogens is 4. The first-order valence-electron chi connectivity index (χ1n) is 9.82. The molecule has 4 rings (SSSR count). The van der Waals surface area contributed by atoms with Crippen LogP contribution in [-0.4, -0.2) is 30.4 Å². The third kappa shape index (κ3) is 3.85. The van der Waals surface area contributed by atoms with E-state index in [9.17, 15) is 19.7 Å². The molecule has 0 aliphatic rings. The molecule has 0 saturated heterocycles. The Labute approximate surface area is 182 Å². The summed E-state index contributed by atoms with van der Waals surface area (Å²) in [7, 11) is 0. The Morgan fingerprint density at radius 2 is 1.94 bits per heavy atom. The van der Waals surface area contributed by atoms with Crippen LogP contribution in [-0.2, 0) is 11.3 Å². The van der Waals surface area contributed by atoms with Crippen molar-refractivity contribution in [1.29, 1.82) is 0 Å². The monoisotopic (exact) mass is 432 g/mol. The number of nitro groups is 1. The Balaban J connectivity index is 1.70. The topological polar surface area (TPSA) is 125 Å². The van der Waals surface area contributed by atoms with Crippen LogP contribution in [0.15, 0.2) is 53.5 Å². The van der Waals surface area contributed by atoms with Crippen LogP contribution in [0.3, 0.4) is 0 Å². The van der Waals surface area contributed by atoms with Crippen molar-refractivity contribution in [2.45, 2.75) is 27.3 Å². The molecule has 1 N–H and O–H groups in total. The zero-order chi connectivity index (χ0) is 23.0. The van der Waals surface area contributed by atoms with Gasteiger partial charge in [0.2, 0.25) is 5.91 Å². The Kier molecular flexibility index (Phi) is 5.27. The number of fused-ring (bicyclic) bond motifs is 1. The lowest BCUT2D eigenvalue weighted by Gasteiger charge is -2.11. The minimum Gasteiger partial charge on any atom is -0.324 e. The van der Waals surface area contributed by atoms with Crippen LogP contribution in [0.25, 0.3) is 16.6 Å². The molecule has 1 amide bonds. The van der Waals surface area contributed by atoms with Crippen molar-refractivity contribution >= 4 is 28.2 Å². The lowest BCUT2D eigenvalue weighted by molar-refractivity contribution is -0.384. The minimum absolute atomic E-state index is 0.146. The molecule has 162 valence electrons. The Bertz CT molecular complexity index is 1440. The van der Waals surface area contributed by atoms with Gasteiger partial charge in [0, 0.05) is 23.2 Å². The summed E-state index contributed by atoms with van der Waals surface area (Å²) in [6.45, 7) is 5.31. The fourth-order valence-electron chi connectivity index (χ4n) is 3.59. The van der Waals surface area contributed by atoms with Crippen molar-refractivity contribution in [2.24, 2.45) is 0 Å². The fraction of sp³-hybridized carbons (Fsp3) is 0.182. The number of hydrogen-bond acceptors (Lipinski definition) is 6. The van der Waals surface area contributed by atoms with Crippen LogP contribution in [0.2, 0.25) is 0 Å². The zero-order valence-electron chi connectivity index (χ0n) is 17.7. The summed E-state index contributed by atoms with van der Waals surface area (Å²) in [5.74, 6) is -0.531. The van der Waals surface area contributed by atoms with Gasteiger partial charge in [0.1, 0.15) is 12.1 Å². The summed E-state index contributed by atoms with van der Waals surface area (Å²) in [5.41, 5.74) is 3.35. The molecule has 0 aliphatic heterocycles. The molecule has 2 aromatic heterocycles. The number of nitrogens with zero attached hydrogens (tertiary/aromatic N) is 5. The van der Waals surface area contributed by atoms with Crippen molar-refractivity contribution in [3.63, 3.8) is 0 Å². The van der Waals surface area contributed by atoms with Crippen LogP contribution in [0.5, 0.6) is 0 Å². The van der Waals surface area contributed by atoms with E-state index < -0.39 is 16.4 Å². The van der Waals surface area contributed by atoms with E-state index in [1.807, 2.05) is 32.0 Å². The third-order valence-corrected chi connectivity index (χ3v) is 5.08. The molecule has 0 radical (unpaired) electrons. The number of carbonyl (C=O) groups excluding carboxylic acids is 1. The number of aryl methyl sites for hydroxylation is 3. The Morgan fingerprint density at radius 3 is 2.66 bits per heavy atom. The van der Waals surface area contributed by atoms with Crippen molar-refractivity contribution in [3.05, 3.63) is 86.0 Å². The average molecular weight is 432 g/mol. The highest BCUT2D eigenvalue weighted by atomic mass is 16.6. The van der Waals surface area contributed by atoms with Gasteiger partial charge in [0.05, 0.1) is 22.5 Å². The van der Waals surface area contributed by atoms with Crippen LogP contribution in [0, 0.1) is 30.9 Å². The largest absolute Gasteiger partial charge is 0.324 e. The molecule has 2 aromatic carbocycles. The Hall–Kier alpha value is -4.34. The number of rotatable bonds is 5. The highest BCUT2D eigenvalue weighted by Crippen LogP contribution is 2.21. The van der Waals surface area contributed by atoms with E-state index in [0.717, 1.165) is 21.5 Å². The second-order valence-electron chi connectivity index (χ2n) is 7.51. The number of amides is 1. The van der Waals surface area contributed by atoms with Gasteiger partial charge >= 0.3 is 0 Å². The van der Waals surface area contributed by atoms with E-state index in [2.05, 4.69) is 15.5 Å². The van der Waals surface area contributed by atoms with E-state index in [1.54, 1.807) is 17.8 Å². The molecule has 10 heteroatoms. The van der Waals surface area contributed by atoms with E-state index in [-0.39, 0.29) is 17.9 Å². The number of benzene rings is 2. The van der Waals surface area contributed by atoms with Crippen molar-refractivity contribution in [2.75, 3.05) is 5.32 Å². The van der Waals surface area contributed by atoms with Gasteiger partial charge in [0.15, 0.2) is 0 Å². The van der Waals surface area contributed by atoms with Crippen molar-refractivity contribution < 1.29 is 9.72 Å². The third-order valence-electron chi connectivity index (χ3n) is 5.08. The highest BCUT2D eigenvalue weighted by molar-refractivity contribution is 5.91. The van der Waals surface area contributed by atoms with Crippen molar-refractivity contribution in [3.8, 4) is 5.69 Å². The lowest BCUT2D eigenvalue weighted by atomic mass is 10.1. The van der Waals surface area contributed by atoms with Crippen LogP contribution in [0.1, 0.15) is 16.8 Å². The molecule has 32 heavy (non-hydrogen) atoms. The van der Waals surface area contributed by atoms with E-state index in [1.165, 1.54) is 24.3 Å². The number of anilines is 1. The SMILES string of the molecule is Cc1ccc(-n2ncc3c(C)nn(CC(=O)Nc4cccc([N+](=O)[O-])c4)c(=O)c32)c(C)c1. The number of nitro benzene ring substituents is 1. The molecule has 0 aliphatic carbocycles. The molecule has 0 unspecified atom stereocenters. The summed E-state index contributed by atoms with van der Waals surface area (Å²) in [6.07, 6.45) is 1.59. The summed E-state index contributed by atoms with van der Waals surface area (Å²) in [6, 6.07) is 11.4. The smallest absolute Gasteiger partial charge is 0.293 e. The maximum atomic E-state index is 13.2. The molecule has 0 saturated carbocycles. The molecule has 2 heterocycles. The molecular formula is C22H20N6O4. The molecule has 0 spiro atoms. The maximum absolute atomic E-state index is 13.2. The van der Waals surface area contributed by atoms with Gasteiger partial charge in [-0.1, -0.05) is 23.8 Å². The molecule has 0 atom stereocenters. The van der Waals surface area contributed by atoms with Crippen molar-refractivity contribution in [1.82, 2.24) is 19.6 Å². The number of non-ortho nitro benzene ring substituents is 1. The maximum Gasteiger partial charge on any atom is 0.293 e. The average Bonchev–Trinajstić information content (AvgIpc) is 3.17. The van der Waals surface area contributed by atoms with Crippen LogP contribution >= 0.6 is 0 Å². The van der Waals surface area contributed by atoms with E-state index in [0.29, 0.717) is 16.6 Å². The second-order valence-corrected chi connectivity index (χ2v) is 7.51. The molecular weight excluding hydrogens is 412 g/mol. The standard InChI is InChI=1S/C22H20N6O4/c1-13-7-8-19(14(2)9-13)27-21-18(11-23-27)15(3)25-26(22(21)30)12-20(29)24-16-5-4-6-17(10-16)28(31)32/h4-11H,12H2,1-3H3,(H,24,29). The van der Waals surface area contributed by atoms with Gasteiger partial charge in [-0.3, -0.25) is 19.7 Å². The first kappa shape index (κ1) is 20.9. The summed E-state index contributed by atoms with van der Waals surface area (Å²) >= 11 is 0. The van der Waals surface area contributed by atoms with Gasteiger partial charge in [0.25, 0.3) is 11.2 Å². The van der Waals surface area contributed by atoms with Crippen LogP contribution in [0.4, 0.5) is 11.4 Å². The van der Waals surface area contributed by atoms with E-state index >= 15 is 0 Å². The van der Waals surface area contributed by atoms with Gasteiger partial charge in [-0.15, -0.1) is 0 Å². The summed E-state index contributed by atoms with van der Waals surface area (Å²) in [5, 5.41) is 22.7. The summed E-state index contributed by atoms with van der Waals surface area (Å²) in [4.78, 5) is 36.1. The fourth-order valence-corrected chi connectivity index (χ4v) is 3.59. The van der Waals surface area contributed by atoms with Gasteiger partial charge in [-0.05, 0) is 38.5 Å².